The van der Waals surface area contributed by atoms with E-state index in [1.165, 1.54) is 16.7 Å². The van der Waals surface area contributed by atoms with E-state index in [-0.39, 0.29) is 5.95 Å². The lowest BCUT2D eigenvalue weighted by Crippen LogP contribution is -2.39. The lowest BCUT2D eigenvalue weighted by molar-refractivity contribution is -0.141. The van der Waals surface area contributed by atoms with Crippen molar-refractivity contribution in [1.82, 2.24) is 20.6 Å². The summed E-state index contributed by atoms with van der Waals surface area (Å²) >= 11 is 0. The van der Waals surface area contributed by atoms with E-state index in [0.717, 1.165) is 12.3 Å². The van der Waals surface area contributed by atoms with Crippen LogP contribution in [-0.2, 0) is 12.7 Å². The maximum absolute atomic E-state index is 12.6. The number of benzene rings is 1. The molecule has 0 spiro atoms. The monoisotopic (exact) mass is 380 g/mol. The standard InChI is InChI=1S/C18H23F3N6/c1-12-4-5-14(13(2)10-12)11-26-16(22-3)24-8-9-25-17-23-7-6-15(27-17)18(19,20)21/h4-7,10H,8-9,11H2,1-3H3,(H2,22,24,26)(H,23,25,27). The molecule has 27 heavy (non-hydrogen) atoms. The number of guanidine groups is 1. The van der Waals surface area contributed by atoms with Gasteiger partial charge in [-0.15, -0.1) is 0 Å². The first kappa shape index (κ1) is 20.5. The minimum absolute atomic E-state index is 0.0650. The van der Waals surface area contributed by atoms with E-state index in [0.29, 0.717) is 25.6 Å². The van der Waals surface area contributed by atoms with Crippen LogP contribution in [0.2, 0.25) is 0 Å². The third-order valence-electron chi connectivity index (χ3n) is 3.81. The predicted octanol–water partition coefficient (Wildman–Crippen LogP) is 2.89. The summed E-state index contributed by atoms with van der Waals surface area (Å²) in [6.07, 6.45) is -3.41. The van der Waals surface area contributed by atoms with Gasteiger partial charge >= 0.3 is 6.18 Å². The lowest BCUT2D eigenvalue weighted by atomic mass is 10.1. The number of halogens is 3. The van der Waals surface area contributed by atoms with Crippen molar-refractivity contribution in [2.75, 3.05) is 25.5 Å². The fourth-order valence-corrected chi connectivity index (χ4v) is 2.40. The summed E-state index contributed by atoms with van der Waals surface area (Å²) in [5.74, 6) is 0.534. The van der Waals surface area contributed by atoms with Gasteiger partial charge in [-0.1, -0.05) is 23.8 Å². The average molecular weight is 380 g/mol. The molecule has 0 aliphatic heterocycles. The highest BCUT2D eigenvalue weighted by Gasteiger charge is 2.32. The smallest absolute Gasteiger partial charge is 0.355 e. The minimum atomic E-state index is -4.49. The Balaban J connectivity index is 1.78. The number of aryl methyl sites for hydroxylation is 2. The van der Waals surface area contributed by atoms with E-state index >= 15 is 0 Å². The summed E-state index contributed by atoms with van der Waals surface area (Å²) in [6.45, 7) is 5.50. The average Bonchev–Trinajstić information content (AvgIpc) is 2.62. The summed E-state index contributed by atoms with van der Waals surface area (Å²) in [4.78, 5) is 11.4. The Morgan fingerprint density at radius 3 is 2.56 bits per heavy atom. The van der Waals surface area contributed by atoms with Gasteiger partial charge in [0.05, 0.1) is 0 Å². The number of nitrogens with zero attached hydrogens (tertiary/aromatic N) is 3. The molecule has 9 heteroatoms. The maximum Gasteiger partial charge on any atom is 0.433 e. The van der Waals surface area contributed by atoms with Gasteiger partial charge in [0.15, 0.2) is 5.96 Å². The van der Waals surface area contributed by atoms with E-state index < -0.39 is 11.9 Å². The van der Waals surface area contributed by atoms with E-state index in [1.54, 1.807) is 7.05 Å². The Kier molecular flexibility index (Phi) is 6.98. The van der Waals surface area contributed by atoms with Crippen molar-refractivity contribution in [3.8, 4) is 0 Å². The van der Waals surface area contributed by atoms with Crippen LogP contribution in [0, 0.1) is 13.8 Å². The van der Waals surface area contributed by atoms with Crippen LogP contribution in [0.4, 0.5) is 19.1 Å². The molecule has 2 aromatic rings. The van der Waals surface area contributed by atoms with Crippen LogP contribution in [-0.4, -0.2) is 36.1 Å². The fourth-order valence-electron chi connectivity index (χ4n) is 2.40. The normalized spacial score (nSPS) is 12.0. The quantitative estimate of drug-likeness (QED) is 0.408. The van der Waals surface area contributed by atoms with Crippen molar-refractivity contribution in [3.63, 3.8) is 0 Å². The molecule has 1 heterocycles. The number of aromatic nitrogens is 2. The fraction of sp³-hybridized carbons (Fsp3) is 0.389. The second-order valence-electron chi connectivity index (χ2n) is 5.97. The third-order valence-corrected chi connectivity index (χ3v) is 3.81. The molecule has 3 N–H and O–H groups in total. The van der Waals surface area contributed by atoms with Crippen LogP contribution >= 0.6 is 0 Å². The topological polar surface area (TPSA) is 74.2 Å². The van der Waals surface area contributed by atoms with Gasteiger partial charge < -0.3 is 16.0 Å². The minimum Gasteiger partial charge on any atom is -0.355 e. The Hall–Kier alpha value is -2.84. The molecule has 0 saturated heterocycles. The molecule has 0 amide bonds. The highest BCUT2D eigenvalue weighted by Crippen LogP contribution is 2.27. The van der Waals surface area contributed by atoms with Gasteiger partial charge in [0.1, 0.15) is 5.69 Å². The first-order chi connectivity index (χ1) is 12.8. The van der Waals surface area contributed by atoms with Gasteiger partial charge in [-0.2, -0.15) is 13.2 Å². The molecule has 0 aliphatic carbocycles. The number of hydrogen-bond acceptors (Lipinski definition) is 4. The predicted molar refractivity (Wildman–Crippen MR) is 99.6 cm³/mol. The van der Waals surface area contributed by atoms with Crippen molar-refractivity contribution in [2.24, 2.45) is 4.99 Å². The molecule has 6 nitrogen and oxygen atoms in total. The molecule has 0 aliphatic rings. The highest BCUT2D eigenvalue weighted by atomic mass is 19.4. The van der Waals surface area contributed by atoms with Gasteiger partial charge in [0.25, 0.3) is 0 Å². The molecular formula is C18H23F3N6. The lowest BCUT2D eigenvalue weighted by Gasteiger charge is -2.14. The van der Waals surface area contributed by atoms with E-state index in [2.05, 4.69) is 56.0 Å². The van der Waals surface area contributed by atoms with Crippen LogP contribution in [0.1, 0.15) is 22.4 Å². The van der Waals surface area contributed by atoms with E-state index in [9.17, 15) is 13.2 Å². The zero-order valence-electron chi connectivity index (χ0n) is 15.5. The molecule has 0 radical (unpaired) electrons. The Bertz CT molecular complexity index is 789. The number of hydrogen-bond donors (Lipinski definition) is 3. The molecule has 0 bridgehead atoms. The Morgan fingerprint density at radius 1 is 1.11 bits per heavy atom. The third kappa shape index (κ3) is 6.43. The number of nitrogens with one attached hydrogen (secondary N) is 3. The van der Waals surface area contributed by atoms with Crippen LogP contribution in [0.5, 0.6) is 0 Å². The number of alkyl halides is 3. The zero-order valence-corrected chi connectivity index (χ0v) is 15.5. The molecule has 2 rings (SSSR count). The first-order valence-corrected chi connectivity index (χ1v) is 8.44. The van der Waals surface area contributed by atoms with Crippen LogP contribution in [0.3, 0.4) is 0 Å². The molecule has 0 unspecified atom stereocenters. The summed E-state index contributed by atoms with van der Waals surface area (Å²) in [5.41, 5.74) is 2.60. The SMILES string of the molecule is CN=C(NCCNc1nccc(C(F)(F)F)n1)NCc1ccc(C)cc1C. The molecule has 1 aromatic heterocycles. The Morgan fingerprint density at radius 2 is 1.89 bits per heavy atom. The second kappa shape index (κ2) is 9.20. The van der Waals surface area contributed by atoms with Gasteiger partial charge in [0, 0.05) is 32.9 Å². The molecule has 0 saturated carbocycles. The molecule has 146 valence electrons. The van der Waals surface area contributed by atoms with Gasteiger partial charge in [0.2, 0.25) is 5.95 Å². The van der Waals surface area contributed by atoms with Crippen molar-refractivity contribution in [3.05, 3.63) is 52.8 Å². The van der Waals surface area contributed by atoms with Gasteiger partial charge in [-0.3, -0.25) is 4.99 Å². The zero-order chi connectivity index (χ0) is 19.9. The maximum atomic E-state index is 12.6. The number of anilines is 1. The number of aliphatic imine (C=N–C) groups is 1. The highest BCUT2D eigenvalue weighted by molar-refractivity contribution is 5.79. The summed E-state index contributed by atoms with van der Waals surface area (Å²) in [6, 6.07) is 7.07. The van der Waals surface area contributed by atoms with Gasteiger partial charge in [-0.05, 0) is 31.0 Å². The summed E-state index contributed by atoms with van der Waals surface area (Å²) < 4.78 is 37.9. The van der Waals surface area contributed by atoms with Crippen molar-refractivity contribution in [1.29, 1.82) is 0 Å². The molecule has 0 fully saturated rings. The van der Waals surface area contributed by atoms with Crippen LogP contribution in [0.15, 0.2) is 35.5 Å². The summed E-state index contributed by atoms with van der Waals surface area (Å²) in [7, 11) is 1.65. The van der Waals surface area contributed by atoms with Crippen molar-refractivity contribution >= 4 is 11.9 Å². The molecule has 1 aromatic carbocycles. The van der Waals surface area contributed by atoms with Crippen molar-refractivity contribution < 1.29 is 13.2 Å². The van der Waals surface area contributed by atoms with Crippen LogP contribution < -0.4 is 16.0 Å². The molecule has 0 atom stereocenters. The Labute approximate surface area is 156 Å². The van der Waals surface area contributed by atoms with E-state index in [4.69, 9.17) is 0 Å². The van der Waals surface area contributed by atoms with Crippen LogP contribution in [0.25, 0.3) is 0 Å². The van der Waals surface area contributed by atoms with Crippen molar-refractivity contribution in [2.45, 2.75) is 26.6 Å². The number of rotatable bonds is 6. The second-order valence-corrected chi connectivity index (χ2v) is 5.97. The first-order valence-electron chi connectivity index (χ1n) is 8.44. The van der Waals surface area contributed by atoms with Gasteiger partial charge in [-0.25, -0.2) is 9.97 Å². The molecular weight excluding hydrogens is 357 g/mol. The van der Waals surface area contributed by atoms with E-state index in [1.807, 2.05) is 6.92 Å². The largest absolute Gasteiger partial charge is 0.433 e. The summed E-state index contributed by atoms with van der Waals surface area (Å²) in [5, 5.41) is 9.05.